The zero-order valence-electron chi connectivity index (χ0n) is 19.5. The van der Waals surface area contributed by atoms with Crippen LogP contribution < -0.4 is 61.8 Å². The van der Waals surface area contributed by atoms with Gasteiger partial charge in [-0.1, -0.05) is 149 Å². The molecule has 2 aromatic carbocycles. The smallest absolute Gasteiger partial charge is 0.658 e. The topological polar surface area (TPSA) is 14.1 Å². The van der Waals surface area contributed by atoms with Gasteiger partial charge in [-0.2, -0.15) is 0 Å². The first-order chi connectivity index (χ1) is 12.7. The molecule has 0 aromatic heterocycles. The molecular weight excluding hydrogens is 398 g/mol. The fraction of sp³-hybridized carbons (Fsp3) is 0.500. The Balaban J connectivity index is 0.00000392. The molecule has 2 aromatic rings. The van der Waals surface area contributed by atoms with E-state index in [4.69, 9.17) is 4.65 Å². The van der Waals surface area contributed by atoms with E-state index in [1.807, 2.05) is 0 Å². The molecule has 0 aliphatic carbocycles. The normalized spacial score (nSPS) is 12.7. The Morgan fingerprint density at radius 3 is 0.964 bits per heavy atom. The van der Waals surface area contributed by atoms with Crippen LogP contribution in [0.2, 0.25) is 22.2 Å². The third kappa shape index (κ3) is 5.02. The second kappa shape index (κ2) is 11.2. The van der Waals surface area contributed by atoms with Crippen molar-refractivity contribution >= 4 is 26.8 Å². The van der Waals surface area contributed by atoms with Crippen molar-refractivity contribution in [2.45, 2.75) is 77.6 Å². The summed E-state index contributed by atoms with van der Waals surface area (Å²) >= 11 is 0. The molecule has 1 nitrogen and oxygen atoms in total. The molecule has 0 amide bonds. The Labute approximate surface area is 218 Å². The summed E-state index contributed by atoms with van der Waals surface area (Å²) in [5, 5.41) is 3.01. The summed E-state index contributed by atoms with van der Waals surface area (Å²) in [6, 6.07) is 22.5. The predicted octanol–water partition coefficient (Wildman–Crippen LogP) is 3.71. The van der Waals surface area contributed by atoms with E-state index in [1.165, 1.54) is 10.4 Å². The Morgan fingerprint density at radius 2 is 0.750 bits per heavy atom. The van der Waals surface area contributed by atoms with Crippen LogP contribution in [0.3, 0.4) is 0 Å². The maximum atomic E-state index is 6.16. The van der Waals surface area contributed by atoms with Crippen molar-refractivity contribution in [2.75, 3.05) is 0 Å². The average Bonchev–Trinajstić information content (AvgIpc) is 2.63. The number of nitrogens with zero attached hydrogens (tertiary/aromatic N) is 1. The Morgan fingerprint density at radius 1 is 0.500 bits per heavy atom. The molecule has 0 saturated heterocycles. The zero-order valence-corrected chi connectivity index (χ0v) is 24.7. The third-order valence-corrected chi connectivity index (χ3v) is 18.9. The van der Waals surface area contributed by atoms with Crippen molar-refractivity contribution in [2.24, 2.45) is 0 Å². The minimum absolute atomic E-state index is 0. The molecular formula is C24H38KNSi2. The molecule has 0 aliphatic heterocycles. The van der Waals surface area contributed by atoms with E-state index in [1.54, 1.807) is 0 Å². The van der Waals surface area contributed by atoms with E-state index in [0.29, 0.717) is 22.2 Å². The van der Waals surface area contributed by atoms with E-state index in [-0.39, 0.29) is 51.4 Å². The van der Waals surface area contributed by atoms with Crippen molar-refractivity contribution in [3.8, 4) is 0 Å². The first-order valence-electron chi connectivity index (χ1n) is 10.5. The second-order valence-corrected chi connectivity index (χ2v) is 19.1. The van der Waals surface area contributed by atoms with Crippen molar-refractivity contribution in [1.29, 1.82) is 0 Å². The molecule has 0 fully saturated rings. The van der Waals surface area contributed by atoms with Gasteiger partial charge in [0, 0.05) is 0 Å². The van der Waals surface area contributed by atoms with Gasteiger partial charge in [-0.15, -0.1) is 0 Å². The maximum absolute atomic E-state index is 6.16. The second-order valence-electron chi connectivity index (χ2n) is 9.11. The monoisotopic (exact) mass is 435 g/mol. The molecule has 0 unspecified atom stereocenters. The number of hydrogen-bond acceptors (Lipinski definition) is 0. The summed E-state index contributed by atoms with van der Waals surface area (Å²) in [6.07, 6.45) is 0. The van der Waals surface area contributed by atoms with Crippen LogP contribution in [0.5, 0.6) is 0 Å². The molecule has 4 heteroatoms. The number of benzene rings is 2. The zero-order chi connectivity index (χ0) is 20.2. The molecule has 0 atom stereocenters. The SMILES string of the molecule is CC(C)[Si]([N-][Si](c1ccccc1)(C(C)C)C(C)C)(c1ccccc1)C(C)C.[K+]. The molecule has 28 heavy (non-hydrogen) atoms. The van der Waals surface area contributed by atoms with Gasteiger partial charge in [0.2, 0.25) is 0 Å². The molecule has 0 aliphatic rings. The summed E-state index contributed by atoms with van der Waals surface area (Å²) < 4.78 is 6.16. The van der Waals surface area contributed by atoms with Gasteiger partial charge in [0.15, 0.2) is 0 Å². The predicted molar refractivity (Wildman–Crippen MR) is 127 cm³/mol. The van der Waals surface area contributed by atoms with E-state index in [9.17, 15) is 0 Å². The summed E-state index contributed by atoms with van der Waals surface area (Å²) in [7, 11) is -4.17. The maximum Gasteiger partial charge on any atom is 1.00 e. The summed E-state index contributed by atoms with van der Waals surface area (Å²) in [6.45, 7) is 19.3. The van der Waals surface area contributed by atoms with Crippen LogP contribution in [-0.2, 0) is 0 Å². The van der Waals surface area contributed by atoms with Gasteiger partial charge in [-0.25, -0.2) is 0 Å². The number of hydrogen-bond donors (Lipinski definition) is 0. The van der Waals surface area contributed by atoms with Crippen LogP contribution in [0, 0.1) is 0 Å². The van der Waals surface area contributed by atoms with Crippen LogP contribution in [0.4, 0.5) is 0 Å². The van der Waals surface area contributed by atoms with Gasteiger partial charge in [0.25, 0.3) is 0 Å². The van der Waals surface area contributed by atoms with Crippen molar-refractivity contribution < 1.29 is 51.4 Å². The molecule has 0 heterocycles. The van der Waals surface area contributed by atoms with Crippen LogP contribution in [0.15, 0.2) is 60.7 Å². The Kier molecular flexibility index (Phi) is 10.6. The molecule has 0 spiro atoms. The molecule has 2 rings (SSSR count). The van der Waals surface area contributed by atoms with Gasteiger partial charge < -0.3 is 4.65 Å². The summed E-state index contributed by atoms with van der Waals surface area (Å²) in [5.41, 5.74) is 2.31. The minimum atomic E-state index is -2.08. The molecule has 0 N–H and O–H groups in total. The standard InChI is InChI=1S/C24H38NSi2.K/c1-19(2)26(20(3)4,23-15-11-9-12-16-23)25-27(21(5)6,22(7)8)24-17-13-10-14-18-24;/h9-22H,1-8H3;/q-1;+1. The van der Waals surface area contributed by atoms with E-state index in [2.05, 4.69) is 116 Å². The van der Waals surface area contributed by atoms with Gasteiger partial charge in [-0.3, -0.25) is 0 Å². The molecule has 0 radical (unpaired) electrons. The average molecular weight is 436 g/mol. The van der Waals surface area contributed by atoms with Crippen molar-refractivity contribution in [1.82, 2.24) is 0 Å². The first kappa shape index (κ1) is 26.5. The van der Waals surface area contributed by atoms with Crippen LogP contribution >= 0.6 is 0 Å². The van der Waals surface area contributed by atoms with Gasteiger partial charge >= 0.3 is 51.4 Å². The first-order valence-corrected chi connectivity index (χ1v) is 14.7. The van der Waals surface area contributed by atoms with Crippen molar-refractivity contribution in [3.63, 3.8) is 0 Å². The van der Waals surface area contributed by atoms with Gasteiger partial charge in [0.1, 0.15) is 0 Å². The summed E-state index contributed by atoms with van der Waals surface area (Å²) in [5.74, 6) is 0. The number of rotatable bonds is 8. The van der Waals surface area contributed by atoms with Gasteiger partial charge in [0.05, 0.1) is 0 Å². The Bertz CT molecular complexity index is 622. The fourth-order valence-electron chi connectivity index (χ4n) is 5.03. The van der Waals surface area contributed by atoms with Gasteiger partial charge in [-0.05, 0) is 16.5 Å². The third-order valence-electron chi connectivity index (χ3n) is 6.36. The van der Waals surface area contributed by atoms with E-state index < -0.39 is 16.5 Å². The molecule has 0 bridgehead atoms. The Hall–Kier alpha value is 0.470. The largest absolute Gasteiger partial charge is 1.00 e. The van der Waals surface area contributed by atoms with Crippen LogP contribution in [0.25, 0.3) is 4.65 Å². The fourth-order valence-corrected chi connectivity index (χ4v) is 19.4. The minimum Gasteiger partial charge on any atom is -0.658 e. The van der Waals surface area contributed by atoms with E-state index in [0.717, 1.165) is 0 Å². The van der Waals surface area contributed by atoms with Crippen LogP contribution in [0.1, 0.15) is 55.4 Å². The summed E-state index contributed by atoms with van der Waals surface area (Å²) in [4.78, 5) is 0. The molecule has 148 valence electrons. The van der Waals surface area contributed by atoms with Crippen molar-refractivity contribution in [3.05, 3.63) is 65.3 Å². The van der Waals surface area contributed by atoms with E-state index >= 15 is 0 Å². The molecule has 0 saturated carbocycles. The quantitative estimate of drug-likeness (QED) is 0.561. The van der Waals surface area contributed by atoms with Crippen LogP contribution in [-0.4, -0.2) is 16.5 Å².